The summed E-state index contributed by atoms with van der Waals surface area (Å²) in [6.45, 7) is 2.03. The summed E-state index contributed by atoms with van der Waals surface area (Å²) in [6.07, 6.45) is 1.64. The van der Waals surface area contributed by atoms with Crippen molar-refractivity contribution < 1.29 is 0 Å². The average molecular weight is 194 g/mol. The molecule has 0 aliphatic rings. The largest absolute Gasteiger partial charge is 0.245 e. The Kier molecular flexibility index (Phi) is 2.47. The molecule has 1 aromatic carbocycles. The third-order valence-corrected chi connectivity index (χ3v) is 2.24. The highest BCUT2D eigenvalue weighted by Gasteiger charge is 2.04. The van der Waals surface area contributed by atoms with Crippen LogP contribution in [0.15, 0.2) is 42.6 Å². The number of rotatable bonds is 1. The molecule has 0 radical (unpaired) electrons. The van der Waals surface area contributed by atoms with Gasteiger partial charge in [0.25, 0.3) is 0 Å². The van der Waals surface area contributed by atoms with Gasteiger partial charge in [0.2, 0.25) is 0 Å². The normalized spacial score (nSPS) is 9.60. The molecule has 2 rings (SSSR count). The summed E-state index contributed by atoms with van der Waals surface area (Å²) in [4.78, 5) is 4.04. The predicted molar refractivity (Wildman–Crippen MR) is 59.1 cm³/mol. The number of hydrogen-bond donors (Lipinski definition) is 0. The van der Waals surface area contributed by atoms with Crippen LogP contribution in [0, 0.1) is 18.3 Å². The first-order valence-corrected chi connectivity index (χ1v) is 4.73. The summed E-state index contributed by atoms with van der Waals surface area (Å²) in [7, 11) is 0. The molecule has 0 aliphatic heterocycles. The predicted octanol–water partition coefficient (Wildman–Crippen LogP) is 2.93. The first-order chi connectivity index (χ1) is 7.31. The van der Waals surface area contributed by atoms with Gasteiger partial charge in [-0.3, -0.25) is 0 Å². The second-order valence-corrected chi connectivity index (χ2v) is 3.38. The molecular formula is C13H10N2. The zero-order valence-corrected chi connectivity index (χ0v) is 8.44. The van der Waals surface area contributed by atoms with Crippen LogP contribution in [-0.4, -0.2) is 4.98 Å². The van der Waals surface area contributed by atoms with E-state index in [1.165, 1.54) is 5.56 Å². The zero-order chi connectivity index (χ0) is 10.7. The lowest BCUT2D eigenvalue weighted by molar-refractivity contribution is 1.26. The lowest BCUT2D eigenvalue weighted by Gasteiger charge is -2.03. The van der Waals surface area contributed by atoms with Crippen LogP contribution in [0.4, 0.5) is 0 Å². The zero-order valence-electron chi connectivity index (χ0n) is 8.44. The van der Waals surface area contributed by atoms with Crippen LogP contribution in [0.3, 0.4) is 0 Å². The molecule has 2 nitrogen and oxygen atoms in total. The van der Waals surface area contributed by atoms with Crippen molar-refractivity contribution in [1.29, 1.82) is 5.26 Å². The number of nitriles is 1. The van der Waals surface area contributed by atoms with Crippen molar-refractivity contribution in [3.05, 3.63) is 53.9 Å². The highest BCUT2D eigenvalue weighted by molar-refractivity contribution is 5.68. The molecule has 0 saturated carbocycles. The van der Waals surface area contributed by atoms with E-state index in [9.17, 15) is 0 Å². The van der Waals surface area contributed by atoms with E-state index in [4.69, 9.17) is 5.26 Å². The van der Waals surface area contributed by atoms with Crippen LogP contribution in [0.5, 0.6) is 0 Å². The molecule has 72 valence electrons. The Hall–Kier alpha value is -2.14. The third kappa shape index (κ3) is 1.87. The molecule has 1 aromatic heterocycles. The molecule has 1 heterocycles. The maximum Gasteiger partial charge on any atom is 0.148 e. The molecule has 2 aromatic rings. The SMILES string of the molecule is Cc1cccc(-c2cccnc2C#N)c1. The van der Waals surface area contributed by atoms with Crippen LogP contribution in [0.25, 0.3) is 11.1 Å². The molecular weight excluding hydrogens is 184 g/mol. The minimum Gasteiger partial charge on any atom is -0.245 e. The summed E-state index contributed by atoms with van der Waals surface area (Å²) in [5.41, 5.74) is 3.59. The van der Waals surface area contributed by atoms with Crippen LogP contribution in [0.1, 0.15) is 11.3 Å². The Balaban J connectivity index is 2.60. The third-order valence-electron chi connectivity index (χ3n) is 2.24. The van der Waals surface area contributed by atoms with E-state index < -0.39 is 0 Å². The summed E-state index contributed by atoms with van der Waals surface area (Å²) >= 11 is 0. The van der Waals surface area contributed by atoms with Gasteiger partial charge in [-0.2, -0.15) is 5.26 Å². The Labute approximate surface area is 88.8 Å². The monoisotopic (exact) mass is 194 g/mol. The van der Waals surface area contributed by atoms with Crippen molar-refractivity contribution in [2.75, 3.05) is 0 Å². The van der Waals surface area contributed by atoms with Gasteiger partial charge < -0.3 is 0 Å². The molecule has 0 bridgehead atoms. The Bertz CT molecular complexity index is 524. The number of pyridine rings is 1. The maximum absolute atomic E-state index is 8.94. The minimum absolute atomic E-state index is 0.475. The van der Waals surface area contributed by atoms with Gasteiger partial charge in [0, 0.05) is 11.8 Å². The molecule has 2 heteroatoms. The van der Waals surface area contributed by atoms with Crippen LogP contribution in [0.2, 0.25) is 0 Å². The molecule has 0 unspecified atom stereocenters. The smallest absolute Gasteiger partial charge is 0.148 e. The van der Waals surface area contributed by atoms with Crippen LogP contribution < -0.4 is 0 Å². The van der Waals surface area contributed by atoms with E-state index in [-0.39, 0.29) is 0 Å². The minimum atomic E-state index is 0.475. The molecule has 0 fully saturated rings. The van der Waals surface area contributed by atoms with Gasteiger partial charge in [0.15, 0.2) is 0 Å². The molecule has 0 spiro atoms. The Morgan fingerprint density at radius 2 is 2.07 bits per heavy atom. The topological polar surface area (TPSA) is 36.7 Å². The summed E-state index contributed by atoms with van der Waals surface area (Å²) in [5, 5.41) is 8.94. The maximum atomic E-state index is 8.94. The van der Waals surface area contributed by atoms with Crippen molar-refractivity contribution in [2.45, 2.75) is 6.92 Å². The van der Waals surface area contributed by atoms with Crippen LogP contribution in [-0.2, 0) is 0 Å². The van der Waals surface area contributed by atoms with Gasteiger partial charge in [0.05, 0.1) is 0 Å². The van der Waals surface area contributed by atoms with E-state index in [0.717, 1.165) is 11.1 Å². The fraction of sp³-hybridized carbons (Fsp3) is 0.0769. The van der Waals surface area contributed by atoms with Crippen molar-refractivity contribution in [3.63, 3.8) is 0 Å². The Morgan fingerprint density at radius 3 is 2.80 bits per heavy atom. The average Bonchev–Trinajstić information content (AvgIpc) is 2.29. The van der Waals surface area contributed by atoms with Crippen molar-refractivity contribution in [3.8, 4) is 17.2 Å². The van der Waals surface area contributed by atoms with E-state index >= 15 is 0 Å². The first kappa shape index (κ1) is 9.42. The number of nitrogens with zero attached hydrogens (tertiary/aromatic N) is 2. The van der Waals surface area contributed by atoms with Gasteiger partial charge in [0.1, 0.15) is 11.8 Å². The molecule has 0 saturated heterocycles. The second-order valence-electron chi connectivity index (χ2n) is 3.38. The lowest BCUT2D eigenvalue weighted by Crippen LogP contribution is -1.87. The standard InChI is InChI=1S/C13H10N2/c1-10-4-2-5-11(8-10)12-6-3-7-15-13(12)9-14/h2-8H,1H3. The second kappa shape index (κ2) is 3.93. The van der Waals surface area contributed by atoms with Gasteiger partial charge in [-0.05, 0) is 24.6 Å². The van der Waals surface area contributed by atoms with Gasteiger partial charge in [-0.1, -0.05) is 29.8 Å². The quantitative estimate of drug-likeness (QED) is 0.699. The first-order valence-electron chi connectivity index (χ1n) is 4.73. The molecule has 0 aliphatic carbocycles. The number of aromatic nitrogens is 1. The highest BCUT2D eigenvalue weighted by Crippen LogP contribution is 2.22. The van der Waals surface area contributed by atoms with E-state index in [1.807, 2.05) is 37.3 Å². The summed E-state index contributed by atoms with van der Waals surface area (Å²) in [5.74, 6) is 0. The number of hydrogen-bond acceptors (Lipinski definition) is 2. The van der Waals surface area contributed by atoms with Gasteiger partial charge >= 0.3 is 0 Å². The molecule has 0 atom stereocenters. The van der Waals surface area contributed by atoms with Crippen molar-refractivity contribution in [1.82, 2.24) is 4.98 Å². The summed E-state index contributed by atoms with van der Waals surface area (Å²) < 4.78 is 0. The lowest BCUT2D eigenvalue weighted by atomic mass is 10.0. The summed E-state index contributed by atoms with van der Waals surface area (Å²) in [6, 6.07) is 13.9. The van der Waals surface area contributed by atoms with Crippen molar-refractivity contribution >= 4 is 0 Å². The molecule has 0 amide bonds. The van der Waals surface area contributed by atoms with Gasteiger partial charge in [-0.25, -0.2) is 4.98 Å². The Morgan fingerprint density at radius 1 is 1.20 bits per heavy atom. The van der Waals surface area contributed by atoms with E-state index in [1.54, 1.807) is 6.20 Å². The van der Waals surface area contributed by atoms with E-state index in [0.29, 0.717) is 5.69 Å². The van der Waals surface area contributed by atoms with E-state index in [2.05, 4.69) is 17.1 Å². The van der Waals surface area contributed by atoms with Crippen molar-refractivity contribution in [2.24, 2.45) is 0 Å². The van der Waals surface area contributed by atoms with Gasteiger partial charge in [-0.15, -0.1) is 0 Å². The van der Waals surface area contributed by atoms with Crippen LogP contribution >= 0.6 is 0 Å². The molecule has 0 N–H and O–H groups in total. The number of aryl methyl sites for hydroxylation is 1. The number of benzene rings is 1. The highest BCUT2D eigenvalue weighted by atomic mass is 14.7. The fourth-order valence-electron chi connectivity index (χ4n) is 1.54. The molecule has 15 heavy (non-hydrogen) atoms. The fourth-order valence-corrected chi connectivity index (χ4v) is 1.54.